The molecule has 0 fully saturated rings. The summed E-state index contributed by atoms with van der Waals surface area (Å²) in [5.74, 6) is 1.28. The quantitative estimate of drug-likeness (QED) is 0.547. The largest absolute Gasteiger partial charge is 0.504 e. The zero-order chi connectivity index (χ0) is 19.9. The summed E-state index contributed by atoms with van der Waals surface area (Å²) < 4.78 is 10.9. The molecule has 0 atom stereocenters. The molecule has 0 aliphatic heterocycles. The van der Waals surface area contributed by atoms with Crippen molar-refractivity contribution in [2.45, 2.75) is 13.8 Å². The standard InChI is InChI=1S/C22H20N2O3S/c1-3-26-18-8-6-16(7-9-18)19-14-28-22(24-19)17(13-23)11-15-5-10-20(25)21(12-15)27-4-2/h5-12,14,25H,3-4H2,1-2H3/b17-11-. The lowest BCUT2D eigenvalue weighted by molar-refractivity contribution is 0.318. The van der Waals surface area contributed by atoms with E-state index in [-0.39, 0.29) is 5.75 Å². The fourth-order valence-electron chi connectivity index (χ4n) is 2.62. The molecule has 1 N–H and O–H groups in total. The van der Waals surface area contributed by atoms with Crippen molar-refractivity contribution in [1.29, 1.82) is 5.26 Å². The van der Waals surface area contributed by atoms with Crippen LogP contribution in [0.25, 0.3) is 22.9 Å². The first kappa shape index (κ1) is 19.5. The smallest absolute Gasteiger partial charge is 0.161 e. The molecule has 6 heteroatoms. The van der Waals surface area contributed by atoms with Crippen LogP contribution in [0.1, 0.15) is 24.4 Å². The number of ether oxygens (including phenoxy) is 2. The van der Waals surface area contributed by atoms with E-state index >= 15 is 0 Å². The van der Waals surface area contributed by atoms with Gasteiger partial charge in [-0.05, 0) is 61.9 Å². The van der Waals surface area contributed by atoms with Gasteiger partial charge >= 0.3 is 0 Å². The number of nitrogens with zero attached hydrogens (tertiary/aromatic N) is 2. The maximum Gasteiger partial charge on any atom is 0.161 e. The summed E-state index contributed by atoms with van der Waals surface area (Å²) in [4.78, 5) is 4.61. The van der Waals surface area contributed by atoms with Crippen LogP contribution in [0.15, 0.2) is 47.8 Å². The summed E-state index contributed by atoms with van der Waals surface area (Å²) in [6.45, 7) is 4.87. The zero-order valence-electron chi connectivity index (χ0n) is 15.7. The number of thiazole rings is 1. The summed E-state index contributed by atoms with van der Waals surface area (Å²) in [5, 5.41) is 22.0. The monoisotopic (exact) mass is 392 g/mol. The van der Waals surface area contributed by atoms with Crippen LogP contribution in [0.2, 0.25) is 0 Å². The van der Waals surface area contributed by atoms with Crippen molar-refractivity contribution < 1.29 is 14.6 Å². The normalized spacial score (nSPS) is 11.1. The predicted octanol–water partition coefficient (Wildman–Crippen LogP) is 5.38. The van der Waals surface area contributed by atoms with E-state index in [4.69, 9.17) is 9.47 Å². The van der Waals surface area contributed by atoms with E-state index in [2.05, 4.69) is 11.1 Å². The second kappa shape index (κ2) is 9.07. The van der Waals surface area contributed by atoms with Gasteiger partial charge < -0.3 is 14.6 Å². The summed E-state index contributed by atoms with van der Waals surface area (Å²) >= 11 is 1.41. The summed E-state index contributed by atoms with van der Waals surface area (Å²) in [5.41, 5.74) is 2.99. The number of hydrogen-bond acceptors (Lipinski definition) is 6. The number of nitriles is 1. The van der Waals surface area contributed by atoms with Gasteiger partial charge in [0.05, 0.1) is 24.5 Å². The third-order valence-electron chi connectivity index (χ3n) is 3.91. The van der Waals surface area contributed by atoms with Gasteiger partial charge in [-0.3, -0.25) is 0 Å². The molecule has 0 bridgehead atoms. The van der Waals surface area contributed by atoms with Gasteiger partial charge in [0, 0.05) is 10.9 Å². The van der Waals surface area contributed by atoms with Crippen molar-refractivity contribution in [3.8, 4) is 34.6 Å². The molecule has 0 saturated carbocycles. The molecule has 0 amide bonds. The number of hydrogen-bond donors (Lipinski definition) is 1. The Balaban J connectivity index is 1.87. The maximum atomic E-state index is 9.83. The minimum absolute atomic E-state index is 0.0737. The molecule has 1 aromatic heterocycles. The van der Waals surface area contributed by atoms with Crippen LogP contribution in [0, 0.1) is 11.3 Å². The number of aromatic hydroxyl groups is 1. The summed E-state index contributed by atoms with van der Waals surface area (Å²) in [6, 6.07) is 14.9. The molecule has 28 heavy (non-hydrogen) atoms. The van der Waals surface area contributed by atoms with E-state index in [0.717, 1.165) is 22.6 Å². The Bertz CT molecular complexity index is 1020. The minimum atomic E-state index is 0.0737. The zero-order valence-corrected chi connectivity index (χ0v) is 16.5. The molecule has 5 nitrogen and oxygen atoms in total. The van der Waals surface area contributed by atoms with Gasteiger partial charge in [-0.2, -0.15) is 5.26 Å². The lowest BCUT2D eigenvalue weighted by Gasteiger charge is -2.06. The van der Waals surface area contributed by atoms with Gasteiger partial charge in [0.25, 0.3) is 0 Å². The molecule has 0 aliphatic rings. The Kier molecular flexibility index (Phi) is 6.30. The lowest BCUT2D eigenvalue weighted by Crippen LogP contribution is -1.92. The van der Waals surface area contributed by atoms with Crippen molar-refractivity contribution >= 4 is 23.0 Å². The SMILES string of the molecule is CCOc1ccc(-c2csc(/C(C#N)=C\c3ccc(O)c(OCC)c3)n2)cc1. The Labute approximate surface area is 168 Å². The van der Waals surface area contributed by atoms with Gasteiger partial charge in [0.1, 0.15) is 16.8 Å². The Morgan fingerprint density at radius 2 is 1.89 bits per heavy atom. The number of allylic oxidation sites excluding steroid dienone is 1. The van der Waals surface area contributed by atoms with Gasteiger partial charge in [0.15, 0.2) is 11.5 Å². The minimum Gasteiger partial charge on any atom is -0.504 e. The molecule has 0 radical (unpaired) electrons. The first-order valence-electron chi connectivity index (χ1n) is 8.91. The van der Waals surface area contributed by atoms with E-state index in [9.17, 15) is 10.4 Å². The molecule has 0 spiro atoms. The van der Waals surface area contributed by atoms with Crippen LogP contribution in [-0.2, 0) is 0 Å². The summed E-state index contributed by atoms with van der Waals surface area (Å²) in [6.07, 6.45) is 1.74. The van der Waals surface area contributed by atoms with Crippen LogP contribution < -0.4 is 9.47 Å². The van der Waals surface area contributed by atoms with Crippen LogP contribution in [-0.4, -0.2) is 23.3 Å². The molecule has 1 heterocycles. The van der Waals surface area contributed by atoms with E-state index in [0.29, 0.717) is 29.5 Å². The Morgan fingerprint density at radius 1 is 1.14 bits per heavy atom. The fourth-order valence-corrected chi connectivity index (χ4v) is 3.41. The summed E-state index contributed by atoms with van der Waals surface area (Å²) in [7, 11) is 0. The van der Waals surface area contributed by atoms with E-state index in [1.54, 1.807) is 24.3 Å². The van der Waals surface area contributed by atoms with Gasteiger partial charge in [-0.15, -0.1) is 11.3 Å². The van der Waals surface area contributed by atoms with Gasteiger partial charge in [0.2, 0.25) is 0 Å². The van der Waals surface area contributed by atoms with Crippen molar-refractivity contribution in [1.82, 2.24) is 4.98 Å². The van der Waals surface area contributed by atoms with Crippen LogP contribution >= 0.6 is 11.3 Å². The van der Waals surface area contributed by atoms with Gasteiger partial charge in [-0.1, -0.05) is 6.07 Å². The van der Waals surface area contributed by atoms with E-state index < -0.39 is 0 Å². The van der Waals surface area contributed by atoms with Crippen LogP contribution in [0.5, 0.6) is 17.2 Å². The molecule has 0 unspecified atom stereocenters. The average Bonchev–Trinajstić information content (AvgIpc) is 3.19. The second-order valence-electron chi connectivity index (χ2n) is 5.83. The predicted molar refractivity (Wildman–Crippen MR) is 111 cm³/mol. The molecular formula is C22H20N2O3S. The third kappa shape index (κ3) is 4.51. The molecule has 142 valence electrons. The van der Waals surface area contributed by atoms with Gasteiger partial charge in [-0.25, -0.2) is 4.98 Å². The number of phenolic OH excluding ortho intramolecular Hbond substituents is 1. The second-order valence-corrected chi connectivity index (χ2v) is 6.68. The number of rotatable bonds is 7. The first-order valence-corrected chi connectivity index (χ1v) is 9.79. The van der Waals surface area contributed by atoms with Crippen LogP contribution in [0.3, 0.4) is 0 Å². The van der Waals surface area contributed by atoms with Crippen molar-refractivity contribution in [3.05, 3.63) is 58.4 Å². The highest BCUT2D eigenvalue weighted by Gasteiger charge is 2.10. The Morgan fingerprint density at radius 3 is 2.57 bits per heavy atom. The fraction of sp³-hybridized carbons (Fsp3) is 0.182. The molecule has 0 aliphatic carbocycles. The maximum absolute atomic E-state index is 9.83. The average molecular weight is 392 g/mol. The number of phenols is 1. The van der Waals surface area contributed by atoms with E-state index in [1.807, 2.05) is 43.5 Å². The van der Waals surface area contributed by atoms with Crippen molar-refractivity contribution in [2.24, 2.45) is 0 Å². The molecule has 2 aromatic carbocycles. The van der Waals surface area contributed by atoms with Crippen molar-refractivity contribution in [2.75, 3.05) is 13.2 Å². The highest BCUT2D eigenvalue weighted by molar-refractivity contribution is 7.11. The third-order valence-corrected chi connectivity index (χ3v) is 4.79. The lowest BCUT2D eigenvalue weighted by atomic mass is 10.1. The molecule has 3 rings (SSSR count). The molecule has 3 aromatic rings. The first-order chi connectivity index (χ1) is 13.6. The molecular weight excluding hydrogens is 372 g/mol. The van der Waals surface area contributed by atoms with Crippen LogP contribution in [0.4, 0.5) is 0 Å². The highest BCUT2D eigenvalue weighted by atomic mass is 32.1. The highest BCUT2D eigenvalue weighted by Crippen LogP contribution is 2.31. The van der Waals surface area contributed by atoms with Crippen molar-refractivity contribution in [3.63, 3.8) is 0 Å². The number of aromatic nitrogens is 1. The van der Waals surface area contributed by atoms with E-state index in [1.165, 1.54) is 11.3 Å². The topological polar surface area (TPSA) is 75.4 Å². The number of benzene rings is 2. The Hall–Kier alpha value is -3.30. The molecule has 0 saturated heterocycles.